The van der Waals surface area contributed by atoms with E-state index in [4.69, 9.17) is 0 Å². The van der Waals surface area contributed by atoms with Crippen LogP contribution in [0.25, 0.3) is 0 Å². The van der Waals surface area contributed by atoms with Crippen molar-refractivity contribution in [1.82, 2.24) is 19.9 Å². The van der Waals surface area contributed by atoms with Crippen molar-refractivity contribution in [1.29, 1.82) is 0 Å². The lowest BCUT2D eigenvalue weighted by atomic mass is 10.1. The predicted octanol–water partition coefficient (Wildman–Crippen LogP) is 1.72. The van der Waals surface area contributed by atoms with Crippen LogP contribution in [-0.4, -0.2) is 45.0 Å². The maximum atomic E-state index is 4.42. The van der Waals surface area contributed by atoms with Gasteiger partial charge in [-0.2, -0.15) is 0 Å². The molecular formula is C16H19N5. The molecule has 0 aliphatic carbocycles. The van der Waals surface area contributed by atoms with E-state index in [9.17, 15) is 0 Å². The Morgan fingerprint density at radius 1 is 1.00 bits per heavy atom. The van der Waals surface area contributed by atoms with Crippen LogP contribution in [0.1, 0.15) is 18.4 Å². The van der Waals surface area contributed by atoms with Crippen molar-refractivity contribution in [3.8, 4) is 0 Å². The molecular weight excluding hydrogens is 262 g/mol. The van der Waals surface area contributed by atoms with E-state index < -0.39 is 0 Å². The largest absolute Gasteiger partial charge is 0.336 e. The van der Waals surface area contributed by atoms with E-state index in [1.54, 1.807) is 0 Å². The maximum Gasteiger partial charge on any atom is 0.225 e. The zero-order valence-corrected chi connectivity index (χ0v) is 12.0. The molecule has 4 rings (SSSR count). The molecule has 0 radical (unpaired) electrons. The molecule has 21 heavy (non-hydrogen) atoms. The molecule has 0 spiro atoms. The first-order valence-corrected chi connectivity index (χ1v) is 7.58. The van der Waals surface area contributed by atoms with Crippen LogP contribution in [0.2, 0.25) is 0 Å². The Hall–Kier alpha value is -2.01. The molecule has 0 amide bonds. The monoisotopic (exact) mass is 281 g/mol. The molecule has 5 nitrogen and oxygen atoms in total. The van der Waals surface area contributed by atoms with Gasteiger partial charge >= 0.3 is 0 Å². The van der Waals surface area contributed by atoms with E-state index >= 15 is 0 Å². The van der Waals surface area contributed by atoms with E-state index in [2.05, 4.69) is 30.8 Å². The van der Waals surface area contributed by atoms with Gasteiger partial charge in [0.15, 0.2) is 0 Å². The summed E-state index contributed by atoms with van der Waals surface area (Å²) >= 11 is 0. The molecule has 0 aromatic carbocycles. The fourth-order valence-corrected chi connectivity index (χ4v) is 3.69. The Balaban J connectivity index is 1.49. The molecule has 108 valence electrons. The number of anilines is 1. The molecule has 0 bridgehead atoms. The summed E-state index contributed by atoms with van der Waals surface area (Å²) in [5, 5.41) is 0. The van der Waals surface area contributed by atoms with E-state index in [0.29, 0.717) is 12.1 Å². The normalized spacial score (nSPS) is 25.2. The summed E-state index contributed by atoms with van der Waals surface area (Å²) in [4.78, 5) is 18.0. The lowest BCUT2D eigenvalue weighted by Crippen LogP contribution is -2.37. The number of rotatable bonds is 3. The third-order valence-corrected chi connectivity index (χ3v) is 4.61. The number of hydrogen-bond acceptors (Lipinski definition) is 5. The fourth-order valence-electron chi connectivity index (χ4n) is 3.69. The zero-order chi connectivity index (χ0) is 14.1. The van der Waals surface area contributed by atoms with Crippen LogP contribution >= 0.6 is 0 Å². The van der Waals surface area contributed by atoms with E-state index in [1.165, 1.54) is 18.4 Å². The third-order valence-electron chi connectivity index (χ3n) is 4.61. The minimum absolute atomic E-state index is 0.559. The number of fused-ring (bicyclic) bond motifs is 1. The first-order chi connectivity index (χ1) is 10.4. The second-order valence-corrected chi connectivity index (χ2v) is 5.79. The number of likely N-dealkylation sites (tertiary alicyclic amines) is 1. The van der Waals surface area contributed by atoms with E-state index in [0.717, 1.165) is 25.6 Å². The molecule has 0 saturated carbocycles. The SMILES string of the molecule is c1cnc(N2CC[C@H]3[C@H]2CCN3Cc2cccnc2)nc1. The summed E-state index contributed by atoms with van der Waals surface area (Å²) in [6, 6.07) is 7.23. The van der Waals surface area contributed by atoms with Crippen molar-refractivity contribution in [3.63, 3.8) is 0 Å². The van der Waals surface area contributed by atoms with Gasteiger partial charge in [-0.15, -0.1) is 0 Å². The molecule has 2 aliphatic rings. The Morgan fingerprint density at radius 2 is 1.86 bits per heavy atom. The number of pyridine rings is 1. The first kappa shape index (κ1) is 12.7. The first-order valence-electron chi connectivity index (χ1n) is 7.58. The van der Waals surface area contributed by atoms with Gasteiger partial charge in [0.05, 0.1) is 0 Å². The van der Waals surface area contributed by atoms with Crippen LogP contribution in [0.3, 0.4) is 0 Å². The lowest BCUT2D eigenvalue weighted by molar-refractivity contribution is 0.245. The van der Waals surface area contributed by atoms with Crippen LogP contribution in [0.4, 0.5) is 5.95 Å². The van der Waals surface area contributed by atoms with Crippen LogP contribution in [0, 0.1) is 0 Å². The summed E-state index contributed by atoms with van der Waals surface area (Å²) in [5.41, 5.74) is 1.30. The summed E-state index contributed by atoms with van der Waals surface area (Å²) in [5.74, 6) is 0.883. The van der Waals surface area contributed by atoms with Crippen molar-refractivity contribution >= 4 is 5.95 Å². The standard InChI is InChI=1S/C16H19N5/c1-3-13(11-17-6-1)12-20-9-4-15-14(20)5-10-21(15)16-18-7-2-8-19-16/h1-3,6-8,11,14-15H,4-5,9-10,12H2/t14-,15+/m0/s1. The molecule has 2 aromatic heterocycles. The van der Waals surface area contributed by atoms with E-state index in [-0.39, 0.29) is 0 Å². The van der Waals surface area contributed by atoms with Crippen molar-refractivity contribution in [3.05, 3.63) is 48.5 Å². The molecule has 2 aliphatic heterocycles. The van der Waals surface area contributed by atoms with Gasteiger partial charge in [0.25, 0.3) is 0 Å². The Kier molecular flexibility index (Phi) is 3.27. The molecule has 2 aromatic rings. The number of aromatic nitrogens is 3. The topological polar surface area (TPSA) is 45.2 Å². The van der Waals surface area contributed by atoms with Crippen molar-refractivity contribution in [2.75, 3.05) is 18.0 Å². The maximum absolute atomic E-state index is 4.42. The highest BCUT2D eigenvalue weighted by molar-refractivity contribution is 5.35. The number of nitrogens with zero attached hydrogens (tertiary/aromatic N) is 5. The van der Waals surface area contributed by atoms with Gasteiger partial charge in [0.2, 0.25) is 5.95 Å². The van der Waals surface area contributed by atoms with Crippen molar-refractivity contribution in [2.24, 2.45) is 0 Å². The minimum atomic E-state index is 0.559. The molecule has 2 fully saturated rings. The average molecular weight is 281 g/mol. The summed E-state index contributed by atoms with van der Waals surface area (Å²) in [6.45, 7) is 3.20. The van der Waals surface area contributed by atoms with Crippen LogP contribution in [-0.2, 0) is 6.54 Å². The quantitative estimate of drug-likeness (QED) is 0.857. The average Bonchev–Trinajstić information content (AvgIpc) is 3.12. The van der Waals surface area contributed by atoms with Crippen molar-refractivity contribution < 1.29 is 0 Å². The van der Waals surface area contributed by atoms with Gasteiger partial charge in [-0.3, -0.25) is 9.88 Å². The minimum Gasteiger partial charge on any atom is -0.336 e. The van der Waals surface area contributed by atoms with Gasteiger partial charge in [-0.25, -0.2) is 9.97 Å². The zero-order valence-electron chi connectivity index (χ0n) is 12.0. The van der Waals surface area contributed by atoms with E-state index in [1.807, 2.05) is 36.9 Å². The van der Waals surface area contributed by atoms with Crippen LogP contribution in [0.15, 0.2) is 43.0 Å². The highest BCUT2D eigenvalue weighted by atomic mass is 15.4. The third kappa shape index (κ3) is 2.38. The second-order valence-electron chi connectivity index (χ2n) is 5.79. The molecule has 2 saturated heterocycles. The summed E-state index contributed by atoms with van der Waals surface area (Å²) in [6.07, 6.45) is 9.86. The lowest BCUT2D eigenvalue weighted by Gasteiger charge is -2.25. The molecule has 4 heterocycles. The highest BCUT2D eigenvalue weighted by Crippen LogP contribution is 2.34. The molecule has 5 heteroatoms. The van der Waals surface area contributed by atoms with Crippen LogP contribution < -0.4 is 4.90 Å². The molecule has 0 N–H and O–H groups in total. The Labute approximate surface area is 124 Å². The van der Waals surface area contributed by atoms with Gasteiger partial charge in [0, 0.05) is 56.5 Å². The van der Waals surface area contributed by atoms with Gasteiger partial charge in [0.1, 0.15) is 0 Å². The predicted molar refractivity (Wildman–Crippen MR) is 80.8 cm³/mol. The van der Waals surface area contributed by atoms with Crippen molar-refractivity contribution in [2.45, 2.75) is 31.5 Å². The molecule has 2 atom stereocenters. The second kappa shape index (κ2) is 5.41. The Morgan fingerprint density at radius 3 is 2.67 bits per heavy atom. The Bertz CT molecular complexity index is 588. The highest BCUT2D eigenvalue weighted by Gasteiger charge is 2.43. The summed E-state index contributed by atoms with van der Waals surface area (Å²) in [7, 11) is 0. The van der Waals surface area contributed by atoms with Crippen LogP contribution in [0.5, 0.6) is 0 Å². The van der Waals surface area contributed by atoms with Gasteiger partial charge in [-0.1, -0.05) is 6.07 Å². The van der Waals surface area contributed by atoms with Gasteiger partial charge in [-0.05, 0) is 30.5 Å². The smallest absolute Gasteiger partial charge is 0.225 e. The van der Waals surface area contributed by atoms with Gasteiger partial charge < -0.3 is 4.90 Å². The molecule has 0 unspecified atom stereocenters. The fraction of sp³-hybridized carbons (Fsp3) is 0.438. The number of hydrogen-bond donors (Lipinski definition) is 0. The summed E-state index contributed by atoms with van der Waals surface area (Å²) < 4.78 is 0.